The third-order valence-electron chi connectivity index (χ3n) is 2.60. The summed E-state index contributed by atoms with van der Waals surface area (Å²) in [5, 5.41) is 8.28. The van der Waals surface area contributed by atoms with Crippen LogP contribution in [-0.4, -0.2) is 19.7 Å². The van der Waals surface area contributed by atoms with Gasteiger partial charge in [0.05, 0.1) is 5.02 Å². The van der Waals surface area contributed by atoms with Gasteiger partial charge in [0, 0.05) is 11.0 Å². The summed E-state index contributed by atoms with van der Waals surface area (Å²) < 4.78 is 6.60. The fourth-order valence-corrected chi connectivity index (χ4v) is 2.83. The molecule has 1 heterocycles. The van der Waals surface area contributed by atoms with E-state index in [1.807, 2.05) is 18.2 Å². The average Bonchev–Trinajstić information content (AvgIpc) is 2.90. The van der Waals surface area contributed by atoms with Crippen molar-refractivity contribution in [1.82, 2.24) is 5.32 Å². The maximum absolute atomic E-state index is 6.04. The van der Waals surface area contributed by atoms with Crippen molar-refractivity contribution in [2.75, 3.05) is 19.7 Å². The zero-order valence-corrected chi connectivity index (χ0v) is 13.5. The molecule has 0 unspecified atom stereocenters. The van der Waals surface area contributed by atoms with Gasteiger partial charge in [0.1, 0.15) is 12.4 Å². The molecule has 2 aromatic rings. The van der Waals surface area contributed by atoms with E-state index < -0.39 is 0 Å². The van der Waals surface area contributed by atoms with Crippen molar-refractivity contribution >= 4 is 38.9 Å². The van der Waals surface area contributed by atoms with Crippen molar-refractivity contribution in [2.24, 2.45) is 0 Å². The van der Waals surface area contributed by atoms with Crippen LogP contribution in [0.5, 0.6) is 5.75 Å². The van der Waals surface area contributed by atoms with Gasteiger partial charge < -0.3 is 10.1 Å². The Balaban J connectivity index is 1.62. The van der Waals surface area contributed by atoms with E-state index in [0.29, 0.717) is 11.6 Å². The van der Waals surface area contributed by atoms with E-state index in [0.717, 1.165) is 29.7 Å². The van der Waals surface area contributed by atoms with Crippen molar-refractivity contribution in [2.45, 2.75) is 6.42 Å². The second kappa shape index (κ2) is 7.90. The number of ether oxygens (including phenoxy) is 1. The molecular formula is C14H15BrClNOS. The summed E-state index contributed by atoms with van der Waals surface area (Å²) >= 11 is 11.2. The summed E-state index contributed by atoms with van der Waals surface area (Å²) in [7, 11) is 0. The molecule has 0 aliphatic heterocycles. The lowest BCUT2D eigenvalue weighted by atomic mass is 10.2. The second-order valence-corrected chi connectivity index (χ2v) is 6.16. The molecule has 5 heteroatoms. The minimum absolute atomic E-state index is 0.611. The highest BCUT2D eigenvalue weighted by Gasteiger charge is 2.01. The van der Waals surface area contributed by atoms with Crippen LogP contribution >= 0.6 is 38.9 Å². The smallest absolute Gasteiger partial charge is 0.139 e. The number of nitrogens with one attached hydrogen (secondary N) is 1. The Morgan fingerprint density at radius 2 is 2.16 bits per heavy atom. The van der Waals surface area contributed by atoms with E-state index in [-0.39, 0.29) is 0 Å². The molecule has 1 aromatic heterocycles. The molecule has 0 saturated heterocycles. The molecule has 0 radical (unpaired) electrons. The van der Waals surface area contributed by atoms with Gasteiger partial charge in [-0.25, -0.2) is 0 Å². The van der Waals surface area contributed by atoms with Crippen LogP contribution in [0.3, 0.4) is 0 Å². The van der Waals surface area contributed by atoms with Crippen LogP contribution in [0.25, 0.3) is 0 Å². The van der Waals surface area contributed by atoms with Crippen molar-refractivity contribution in [1.29, 1.82) is 0 Å². The normalized spacial score (nSPS) is 10.6. The summed E-state index contributed by atoms with van der Waals surface area (Å²) in [6, 6.07) is 7.76. The molecule has 2 nitrogen and oxygen atoms in total. The minimum Gasteiger partial charge on any atom is -0.491 e. The van der Waals surface area contributed by atoms with E-state index in [2.05, 4.69) is 38.1 Å². The third-order valence-corrected chi connectivity index (χ3v) is 4.14. The van der Waals surface area contributed by atoms with Gasteiger partial charge in [-0.3, -0.25) is 0 Å². The Labute approximate surface area is 130 Å². The molecule has 0 spiro atoms. The maximum atomic E-state index is 6.04. The van der Waals surface area contributed by atoms with Crippen LogP contribution < -0.4 is 10.1 Å². The summed E-state index contributed by atoms with van der Waals surface area (Å²) in [6.07, 6.45) is 1.06. The first-order valence-electron chi connectivity index (χ1n) is 6.05. The number of benzene rings is 1. The van der Waals surface area contributed by atoms with Crippen molar-refractivity contribution in [3.05, 3.63) is 50.1 Å². The molecule has 0 aliphatic rings. The number of hydrogen-bond acceptors (Lipinski definition) is 3. The number of halogens is 2. The van der Waals surface area contributed by atoms with Crippen molar-refractivity contribution in [3.63, 3.8) is 0 Å². The predicted molar refractivity (Wildman–Crippen MR) is 85.5 cm³/mol. The lowest BCUT2D eigenvalue weighted by molar-refractivity contribution is 0.314. The summed E-state index contributed by atoms with van der Waals surface area (Å²) in [6.45, 7) is 2.39. The molecule has 0 saturated carbocycles. The second-order valence-electron chi connectivity index (χ2n) is 4.05. The van der Waals surface area contributed by atoms with Crippen LogP contribution in [0, 0.1) is 0 Å². The van der Waals surface area contributed by atoms with Crippen molar-refractivity contribution < 1.29 is 4.74 Å². The highest BCUT2D eigenvalue weighted by Crippen LogP contribution is 2.27. The maximum Gasteiger partial charge on any atom is 0.139 e. The van der Waals surface area contributed by atoms with Crippen LogP contribution in [0.15, 0.2) is 39.5 Å². The standard InChI is InChI=1S/C14H15BrClNOS/c15-12-1-2-13(16)14(9-12)18-7-6-17-5-3-11-4-8-19-10-11/h1-2,4,8-10,17H,3,5-7H2. The Hall–Kier alpha value is -0.550. The summed E-state index contributed by atoms with van der Waals surface area (Å²) in [5.74, 6) is 0.718. The highest BCUT2D eigenvalue weighted by molar-refractivity contribution is 9.10. The van der Waals surface area contributed by atoms with Crippen LogP contribution in [0.4, 0.5) is 0 Å². The van der Waals surface area contributed by atoms with E-state index in [1.54, 1.807) is 11.3 Å². The monoisotopic (exact) mass is 359 g/mol. The number of thiophene rings is 1. The molecule has 1 aromatic carbocycles. The van der Waals surface area contributed by atoms with Crippen LogP contribution in [-0.2, 0) is 6.42 Å². The lowest BCUT2D eigenvalue weighted by Gasteiger charge is -2.09. The zero-order valence-electron chi connectivity index (χ0n) is 10.4. The van der Waals surface area contributed by atoms with E-state index >= 15 is 0 Å². The van der Waals surface area contributed by atoms with Gasteiger partial charge in [-0.1, -0.05) is 27.5 Å². The number of rotatable bonds is 7. The topological polar surface area (TPSA) is 21.3 Å². The first-order chi connectivity index (χ1) is 9.25. The number of hydrogen-bond donors (Lipinski definition) is 1. The zero-order chi connectivity index (χ0) is 13.5. The Morgan fingerprint density at radius 1 is 1.26 bits per heavy atom. The van der Waals surface area contributed by atoms with Gasteiger partial charge in [0.2, 0.25) is 0 Å². The largest absolute Gasteiger partial charge is 0.491 e. The van der Waals surface area contributed by atoms with E-state index in [1.165, 1.54) is 5.56 Å². The Morgan fingerprint density at radius 3 is 2.95 bits per heavy atom. The molecule has 0 aliphatic carbocycles. The lowest BCUT2D eigenvalue weighted by Crippen LogP contribution is -2.23. The predicted octanol–water partition coefficient (Wildman–Crippen LogP) is 4.38. The van der Waals surface area contributed by atoms with Crippen LogP contribution in [0.2, 0.25) is 5.02 Å². The molecule has 2 rings (SSSR count). The molecule has 0 atom stereocenters. The molecule has 0 fully saturated rings. The van der Waals surface area contributed by atoms with Crippen LogP contribution in [0.1, 0.15) is 5.56 Å². The van der Waals surface area contributed by atoms with Gasteiger partial charge >= 0.3 is 0 Å². The van der Waals surface area contributed by atoms with Gasteiger partial charge in [-0.05, 0) is 53.6 Å². The SMILES string of the molecule is Clc1ccc(Br)cc1OCCNCCc1ccsc1. The first kappa shape index (κ1) is 14.9. The fraction of sp³-hybridized carbons (Fsp3) is 0.286. The Kier molecular flexibility index (Phi) is 6.17. The van der Waals surface area contributed by atoms with Gasteiger partial charge in [0.15, 0.2) is 0 Å². The molecular weight excluding hydrogens is 346 g/mol. The first-order valence-corrected chi connectivity index (χ1v) is 8.17. The summed E-state index contributed by atoms with van der Waals surface area (Å²) in [5.41, 5.74) is 1.38. The van der Waals surface area contributed by atoms with Gasteiger partial charge in [0.25, 0.3) is 0 Å². The Bertz CT molecular complexity index is 504. The molecule has 0 bridgehead atoms. The quantitative estimate of drug-likeness (QED) is 0.740. The average molecular weight is 361 g/mol. The van der Waals surface area contributed by atoms with E-state index in [4.69, 9.17) is 16.3 Å². The minimum atomic E-state index is 0.611. The van der Waals surface area contributed by atoms with Gasteiger partial charge in [-0.2, -0.15) is 11.3 Å². The summed E-state index contributed by atoms with van der Waals surface area (Å²) in [4.78, 5) is 0. The van der Waals surface area contributed by atoms with E-state index in [9.17, 15) is 0 Å². The molecule has 0 amide bonds. The molecule has 19 heavy (non-hydrogen) atoms. The highest BCUT2D eigenvalue weighted by atomic mass is 79.9. The fourth-order valence-electron chi connectivity index (χ4n) is 1.61. The molecule has 102 valence electrons. The van der Waals surface area contributed by atoms with Gasteiger partial charge in [-0.15, -0.1) is 0 Å². The van der Waals surface area contributed by atoms with Crippen molar-refractivity contribution in [3.8, 4) is 5.75 Å². The third kappa shape index (κ3) is 5.15. The molecule has 1 N–H and O–H groups in total.